The maximum Gasteiger partial charge on any atom is 0.162 e. The summed E-state index contributed by atoms with van der Waals surface area (Å²) >= 11 is 6.55. The Labute approximate surface area is 75.6 Å². The molecule has 0 unspecified atom stereocenters. The maximum atomic E-state index is 4.97. The van der Waals surface area contributed by atoms with Crippen LogP contribution in [-0.2, 0) is 0 Å². The number of rotatable bonds is 1. The molecule has 0 saturated heterocycles. The van der Waals surface area contributed by atoms with Crippen LogP contribution < -0.4 is 10.7 Å². The normalized spacial score (nSPS) is 9.50. The number of nitrogens with two attached hydrogens (primary N) is 1. The molecule has 0 amide bonds. The van der Waals surface area contributed by atoms with E-state index in [1.54, 1.807) is 6.07 Å². The van der Waals surface area contributed by atoms with Crippen LogP contribution >= 0.6 is 31.9 Å². The second-order valence-corrected chi connectivity index (χ2v) is 3.46. The molecule has 10 heavy (non-hydrogen) atoms. The molecule has 0 spiro atoms. The highest BCUT2D eigenvalue weighted by Crippen LogP contribution is 2.27. The fourth-order valence-corrected chi connectivity index (χ4v) is 1.25. The van der Waals surface area contributed by atoms with Crippen LogP contribution in [0.25, 0.3) is 0 Å². The molecule has 0 atom stereocenters. The first-order chi connectivity index (χ1) is 4.74. The lowest BCUT2D eigenvalue weighted by Crippen LogP contribution is -2.01. The zero-order valence-electron chi connectivity index (χ0n) is 4.97. The molecule has 0 saturated carbocycles. The van der Waals surface area contributed by atoms with Crippen LogP contribution in [0.1, 0.15) is 0 Å². The summed E-state index contributed by atoms with van der Waals surface area (Å²) in [7, 11) is 0. The zero-order chi connectivity index (χ0) is 7.56. The van der Waals surface area contributed by atoms with E-state index in [2.05, 4.69) is 36.7 Å². The van der Waals surface area contributed by atoms with E-state index in [-0.39, 0.29) is 0 Å². The van der Waals surface area contributed by atoms with Crippen LogP contribution in [0.5, 0.6) is 5.75 Å². The second kappa shape index (κ2) is 3.37. The first-order valence-electron chi connectivity index (χ1n) is 2.56. The van der Waals surface area contributed by atoms with Gasteiger partial charge in [0.2, 0.25) is 0 Å². The number of hydrogen-bond donors (Lipinski definition) is 1. The highest BCUT2D eigenvalue weighted by atomic mass is 79.9. The minimum atomic E-state index is 0.620. The smallest absolute Gasteiger partial charge is 0.162 e. The van der Waals surface area contributed by atoms with Gasteiger partial charge in [0.1, 0.15) is 0 Å². The molecule has 54 valence electrons. The Hall–Kier alpha value is -0.0600. The molecule has 1 rings (SSSR count). The van der Waals surface area contributed by atoms with Gasteiger partial charge in [-0.1, -0.05) is 15.9 Å². The Morgan fingerprint density at radius 2 is 2.00 bits per heavy atom. The lowest BCUT2D eigenvalue weighted by Gasteiger charge is -2.00. The topological polar surface area (TPSA) is 35.2 Å². The van der Waals surface area contributed by atoms with Crippen molar-refractivity contribution in [3.8, 4) is 5.75 Å². The molecule has 0 radical (unpaired) electrons. The van der Waals surface area contributed by atoms with Crippen LogP contribution in [0.2, 0.25) is 0 Å². The first-order valence-corrected chi connectivity index (χ1v) is 4.14. The highest BCUT2D eigenvalue weighted by Gasteiger charge is 1.98. The third-order valence-electron chi connectivity index (χ3n) is 1.02. The Bertz CT molecular complexity index is 239. The van der Waals surface area contributed by atoms with E-state index in [9.17, 15) is 0 Å². The summed E-state index contributed by atoms with van der Waals surface area (Å²) in [5.74, 6) is 5.59. The van der Waals surface area contributed by atoms with E-state index in [0.717, 1.165) is 8.95 Å². The first kappa shape index (κ1) is 8.04. The summed E-state index contributed by atoms with van der Waals surface area (Å²) in [6.07, 6.45) is 0. The van der Waals surface area contributed by atoms with E-state index >= 15 is 0 Å². The van der Waals surface area contributed by atoms with Gasteiger partial charge in [-0.25, -0.2) is 0 Å². The van der Waals surface area contributed by atoms with Gasteiger partial charge in [-0.3, -0.25) is 0 Å². The fourth-order valence-electron chi connectivity index (χ4n) is 0.568. The monoisotopic (exact) mass is 265 g/mol. The van der Waals surface area contributed by atoms with Gasteiger partial charge in [-0.2, -0.15) is 5.90 Å². The largest absolute Gasteiger partial charge is 0.410 e. The summed E-state index contributed by atoms with van der Waals surface area (Å²) in [4.78, 5) is 4.55. The van der Waals surface area contributed by atoms with Gasteiger partial charge in [0.05, 0.1) is 4.47 Å². The quantitative estimate of drug-likeness (QED) is 0.793. The summed E-state index contributed by atoms with van der Waals surface area (Å²) in [5.41, 5.74) is 0. The van der Waals surface area contributed by atoms with Crippen molar-refractivity contribution in [3.05, 3.63) is 27.1 Å². The SMILES string of the molecule is NOc1cc(Br)ccc1Br. The average molecular weight is 267 g/mol. The van der Waals surface area contributed by atoms with E-state index in [1.165, 1.54) is 0 Å². The highest BCUT2D eigenvalue weighted by molar-refractivity contribution is 9.11. The molecule has 0 bridgehead atoms. The molecule has 2 nitrogen and oxygen atoms in total. The second-order valence-electron chi connectivity index (χ2n) is 1.69. The van der Waals surface area contributed by atoms with Crippen LogP contribution in [-0.4, -0.2) is 0 Å². The summed E-state index contributed by atoms with van der Waals surface area (Å²) in [6.45, 7) is 0. The maximum absolute atomic E-state index is 4.97. The lowest BCUT2D eigenvalue weighted by atomic mass is 10.3. The van der Waals surface area contributed by atoms with Gasteiger partial charge < -0.3 is 4.84 Å². The van der Waals surface area contributed by atoms with Gasteiger partial charge in [0.25, 0.3) is 0 Å². The van der Waals surface area contributed by atoms with Gasteiger partial charge in [0, 0.05) is 4.47 Å². The number of halogens is 2. The Balaban J connectivity index is 3.09. The van der Waals surface area contributed by atoms with E-state index in [4.69, 9.17) is 5.90 Å². The number of benzene rings is 1. The molecule has 4 heteroatoms. The Morgan fingerprint density at radius 1 is 1.30 bits per heavy atom. The molecule has 0 aliphatic rings. The molecule has 1 aromatic carbocycles. The fraction of sp³-hybridized carbons (Fsp3) is 0. The Kier molecular flexibility index (Phi) is 2.71. The molecular weight excluding hydrogens is 262 g/mol. The van der Waals surface area contributed by atoms with Crippen molar-refractivity contribution >= 4 is 31.9 Å². The van der Waals surface area contributed by atoms with Crippen LogP contribution in [0.15, 0.2) is 27.1 Å². The van der Waals surface area contributed by atoms with Crippen LogP contribution in [0, 0.1) is 0 Å². The standard InChI is InChI=1S/C6H5Br2NO/c7-4-1-2-5(8)6(3-4)10-9/h1-3H,9H2. The summed E-state index contributed by atoms with van der Waals surface area (Å²) in [5, 5.41) is 0. The minimum absolute atomic E-state index is 0.620. The Morgan fingerprint density at radius 3 is 2.50 bits per heavy atom. The third-order valence-corrected chi connectivity index (χ3v) is 2.17. The van der Waals surface area contributed by atoms with Gasteiger partial charge in [-0.05, 0) is 34.1 Å². The van der Waals surface area contributed by atoms with Crippen molar-refractivity contribution in [3.63, 3.8) is 0 Å². The molecule has 1 aromatic rings. The minimum Gasteiger partial charge on any atom is -0.410 e. The van der Waals surface area contributed by atoms with Crippen molar-refractivity contribution in [2.75, 3.05) is 0 Å². The number of hydrogen-bond acceptors (Lipinski definition) is 2. The summed E-state index contributed by atoms with van der Waals surface area (Å²) in [6, 6.07) is 5.53. The predicted octanol–water partition coefficient (Wildman–Crippen LogP) is 2.46. The van der Waals surface area contributed by atoms with Gasteiger partial charge in [0.15, 0.2) is 5.75 Å². The van der Waals surface area contributed by atoms with Crippen molar-refractivity contribution < 1.29 is 4.84 Å². The average Bonchev–Trinajstić information content (AvgIpc) is 1.94. The molecule has 0 aliphatic carbocycles. The lowest BCUT2D eigenvalue weighted by molar-refractivity contribution is 0.332. The third kappa shape index (κ3) is 1.71. The van der Waals surface area contributed by atoms with Crippen LogP contribution in [0.4, 0.5) is 0 Å². The van der Waals surface area contributed by atoms with Crippen molar-refractivity contribution in [2.24, 2.45) is 5.90 Å². The molecule has 2 N–H and O–H groups in total. The van der Waals surface area contributed by atoms with Crippen LogP contribution in [0.3, 0.4) is 0 Å². The van der Waals surface area contributed by atoms with E-state index < -0.39 is 0 Å². The van der Waals surface area contributed by atoms with E-state index in [0.29, 0.717) is 5.75 Å². The van der Waals surface area contributed by atoms with Gasteiger partial charge in [-0.15, -0.1) is 0 Å². The van der Waals surface area contributed by atoms with Crippen molar-refractivity contribution in [2.45, 2.75) is 0 Å². The van der Waals surface area contributed by atoms with Gasteiger partial charge >= 0.3 is 0 Å². The van der Waals surface area contributed by atoms with Crippen molar-refractivity contribution in [1.29, 1.82) is 0 Å². The summed E-state index contributed by atoms with van der Waals surface area (Å²) < 4.78 is 1.79. The zero-order valence-corrected chi connectivity index (χ0v) is 8.15. The molecule has 0 aliphatic heterocycles. The molecule has 0 aromatic heterocycles. The molecule has 0 fully saturated rings. The van der Waals surface area contributed by atoms with Crippen molar-refractivity contribution in [1.82, 2.24) is 0 Å². The predicted molar refractivity (Wildman–Crippen MR) is 46.7 cm³/mol. The molecule has 0 heterocycles. The van der Waals surface area contributed by atoms with E-state index in [1.807, 2.05) is 12.1 Å². The molecular formula is C6H5Br2NO.